The van der Waals surface area contributed by atoms with Gasteiger partial charge in [0, 0.05) is 16.2 Å². The van der Waals surface area contributed by atoms with E-state index in [2.05, 4.69) is 0 Å². The maximum atomic E-state index is 12.1. The first-order valence-electron chi connectivity index (χ1n) is 8.00. The summed E-state index contributed by atoms with van der Waals surface area (Å²) in [7, 11) is -9.72. The van der Waals surface area contributed by atoms with Crippen molar-refractivity contribution < 1.29 is 25.9 Å². The Hall–Kier alpha value is -1.39. The first-order valence-corrected chi connectivity index (χ1v) is 11.7. The van der Waals surface area contributed by atoms with Crippen molar-refractivity contribution in [1.82, 2.24) is 0 Å². The Morgan fingerprint density at radius 2 is 1.50 bits per heavy atom. The molecular weight excluding hydrogens is 396 g/mol. The maximum Gasteiger partial charge on any atom is 0.296 e. The van der Waals surface area contributed by atoms with E-state index in [9.17, 15) is 25.9 Å². The zero-order valence-electron chi connectivity index (χ0n) is 14.2. The lowest BCUT2D eigenvalue weighted by molar-refractivity contribution is 0.463. The van der Waals surface area contributed by atoms with E-state index < -0.39 is 30.0 Å². The van der Waals surface area contributed by atoms with E-state index in [1.165, 1.54) is 11.8 Å². The minimum Gasteiger partial charge on any atom is -0.282 e. The summed E-state index contributed by atoms with van der Waals surface area (Å²) in [6.07, 6.45) is 0.832. The van der Waals surface area contributed by atoms with Crippen molar-refractivity contribution in [2.45, 2.75) is 52.7 Å². The van der Waals surface area contributed by atoms with Crippen LogP contribution < -0.4 is 0 Å². The van der Waals surface area contributed by atoms with Crippen molar-refractivity contribution in [3.8, 4) is 0 Å². The number of hydrogen-bond donors (Lipinski definition) is 2. The van der Waals surface area contributed by atoms with Gasteiger partial charge in [0.15, 0.2) is 0 Å². The van der Waals surface area contributed by atoms with Crippen LogP contribution in [-0.4, -0.2) is 25.9 Å². The highest BCUT2D eigenvalue weighted by atomic mass is 32.2. The molecule has 0 unspecified atom stereocenters. The summed E-state index contributed by atoms with van der Waals surface area (Å²) in [6, 6.07) is 7.42. The summed E-state index contributed by atoms with van der Waals surface area (Å²) in [5, 5.41) is 0. The standard InChI is InChI=1S/C17H18O6S3/c1-3-11-12(4-2)16(25(18,19)20)17(26(21,22)23)13-9-10-7-5-6-8-14(10)24-15(11)13/h5-8H,3-4,9H2,1-2H3,(H,18,19,20)(H,21,22,23). The van der Waals surface area contributed by atoms with Crippen molar-refractivity contribution in [2.75, 3.05) is 0 Å². The summed E-state index contributed by atoms with van der Waals surface area (Å²) in [4.78, 5) is 0.199. The molecule has 1 aliphatic rings. The van der Waals surface area contributed by atoms with E-state index in [4.69, 9.17) is 0 Å². The van der Waals surface area contributed by atoms with E-state index in [-0.39, 0.29) is 24.0 Å². The van der Waals surface area contributed by atoms with Crippen LogP contribution in [0.25, 0.3) is 0 Å². The Kier molecular flexibility index (Phi) is 4.95. The molecule has 0 aliphatic carbocycles. The fourth-order valence-corrected chi connectivity index (χ4v) is 7.26. The molecule has 2 aromatic rings. The Labute approximate surface area is 157 Å². The molecule has 0 saturated carbocycles. The van der Waals surface area contributed by atoms with Gasteiger partial charge in [-0.3, -0.25) is 9.11 Å². The van der Waals surface area contributed by atoms with Gasteiger partial charge in [0.05, 0.1) is 0 Å². The summed E-state index contributed by atoms with van der Waals surface area (Å²) < 4.78 is 67.9. The third-order valence-electron chi connectivity index (χ3n) is 4.44. The van der Waals surface area contributed by atoms with E-state index in [0.29, 0.717) is 16.9 Å². The van der Waals surface area contributed by atoms with Crippen molar-refractivity contribution in [3.05, 3.63) is 46.5 Å². The second kappa shape index (κ2) is 6.65. The molecule has 9 heteroatoms. The zero-order chi connectivity index (χ0) is 19.3. The van der Waals surface area contributed by atoms with Gasteiger partial charge in [-0.1, -0.05) is 43.8 Å². The maximum absolute atomic E-state index is 12.1. The monoisotopic (exact) mass is 414 g/mol. The Morgan fingerprint density at radius 3 is 2.04 bits per heavy atom. The molecule has 26 heavy (non-hydrogen) atoms. The van der Waals surface area contributed by atoms with Crippen LogP contribution in [0.15, 0.2) is 43.8 Å². The number of benzene rings is 2. The Morgan fingerprint density at radius 1 is 0.923 bits per heavy atom. The Bertz CT molecular complexity index is 1100. The largest absolute Gasteiger partial charge is 0.296 e. The summed E-state index contributed by atoms with van der Waals surface area (Å²) >= 11 is 1.36. The topological polar surface area (TPSA) is 109 Å². The van der Waals surface area contributed by atoms with E-state index in [1.54, 1.807) is 6.92 Å². The van der Waals surface area contributed by atoms with Crippen molar-refractivity contribution in [2.24, 2.45) is 0 Å². The fourth-order valence-electron chi connectivity index (χ4n) is 3.46. The quantitative estimate of drug-likeness (QED) is 0.630. The van der Waals surface area contributed by atoms with Gasteiger partial charge in [-0.25, -0.2) is 0 Å². The second-order valence-electron chi connectivity index (χ2n) is 5.97. The number of rotatable bonds is 4. The minimum absolute atomic E-state index is 0.160. The molecule has 0 amide bonds. The van der Waals surface area contributed by atoms with Gasteiger partial charge in [-0.05, 0) is 41.2 Å². The molecule has 6 nitrogen and oxygen atoms in total. The molecular formula is C17H18O6S3. The van der Waals surface area contributed by atoms with Gasteiger partial charge in [0.25, 0.3) is 20.2 Å². The van der Waals surface area contributed by atoms with Crippen LogP contribution in [0, 0.1) is 0 Å². The molecule has 140 valence electrons. The number of fused-ring (bicyclic) bond motifs is 2. The van der Waals surface area contributed by atoms with Gasteiger partial charge in [0.2, 0.25) is 0 Å². The molecule has 0 aromatic heterocycles. The molecule has 2 N–H and O–H groups in total. The summed E-state index contributed by atoms with van der Waals surface area (Å²) in [5.74, 6) is 0. The molecule has 0 saturated heterocycles. The lowest BCUT2D eigenvalue weighted by atomic mass is 9.95. The third-order valence-corrected chi connectivity index (χ3v) is 7.82. The first kappa shape index (κ1) is 19.4. The highest BCUT2D eigenvalue weighted by molar-refractivity contribution is 7.99. The Balaban J connectivity index is 2.52. The number of hydrogen-bond acceptors (Lipinski definition) is 5. The van der Waals surface area contributed by atoms with Crippen LogP contribution in [0.3, 0.4) is 0 Å². The SMILES string of the molecule is CCc1c(CC)c(S(=O)(=O)O)c(S(=O)(=O)O)c2c1Sc1ccccc1C2. The van der Waals surface area contributed by atoms with Gasteiger partial charge in [-0.2, -0.15) is 16.8 Å². The van der Waals surface area contributed by atoms with E-state index in [1.807, 2.05) is 31.2 Å². The van der Waals surface area contributed by atoms with Crippen LogP contribution in [-0.2, 0) is 39.5 Å². The molecule has 3 rings (SSSR count). The van der Waals surface area contributed by atoms with E-state index >= 15 is 0 Å². The molecule has 1 aliphatic heterocycles. The highest BCUT2D eigenvalue weighted by Gasteiger charge is 2.36. The fraction of sp³-hybridized carbons (Fsp3) is 0.294. The minimum atomic E-state index is -4.87. The van der Waals surface area contributed by atoms with Crippen LogP contribution in [0.2, 0.25) is 0 Å². The highest BCUT2D eigenvalue weighted by Crippen LogP contribution is 2.47. The molecule has 1 heterocycles. The molecule has 0 bridgehead atoms. The molecule has 2 aromatic carbocycles. The van der Waals surface area contributed by atoms with E-state index in [0.717, 1.165) is 10.5 Å². The third kappa shape index (κ3) is 3.18. The van der Waals surface area contributed by atoms with Crippen LogP contribution in [0.4, 0.5) is 0 Å². The lowest BCUT2D eigenvalue weighted by Crippen LogP contribution is -2.19. The predicted molar refractivity (Wildman–Crippen MR) is 98.2 cm³/mol. The average Bonchev–Trinajstić information content (AvgIpc) is 2.55. The van der Waals surface area contributed by atoms with Crippen LogP contribution in [0.1, 0.15) is 36.1 Å². The van der Waals surface area contributed by atoms with Crippen molar-refractivity contribution >= 4 is 32.0 Å². The molecule has 0 fully saturated rings. The molecule has 0 spiro atoms. The predicted octanol–water partition coefficient (Wildman–Crippen LogP) is 3.36. The summed E-state index contributed by atoms with van der Waals surface area (Å²) in [5.41, 5.74) is 1.97. The van der Waals surface area contributed by atoms with Gasteiger partial charge < -0.3 is 0 Å². The lowest BCUT2D eigenvalue weighted by Gasteiger charge is -2.27. The average molecular weight is 415 g/mol. The summed E-state index contributed by atoms with van der Waals surface area (Å²) in [6.45, 7) is 3.53. The normalized spacial score (nSPS) is 14.0. The zero-order valence-corrected chi connectivity index (χ0v) is 16.6. The van der Waals surface area contributed by atoms with Crippen molar-refractivity contribution in [3.63, 3.8) is 0 Å². The molecule has 0 radical (unpaired) electrons. The van der Waals surface area contributed by atoms with Crippen LogP contribution >= 0.6 is 11.8 Å². The van der Waals surface area contributed by atoms with Gasteiger partial charge in [-0.15, -0.1) is 0 Å². The van der Waals surface area contributed by atoms with Crippen LogP contribution in [0.5, 0.6) is 0 Å². The smallest absolute Gasteiger partial charge is 0.282 e. The van der Waals surface area contributed by atoms with Crippen molar-refractivity contribution in [1.29, 1.82) is 0 Å². The van der Waals surface area contributed by atoms with Gasteiger partial charge in [0.1, 0.15) is 9.79 Å². The second-order valence-corrected chi connectivity index (χ2v) is 9.74. The van der Waals surface area contributed by atoms with Gasteiger partial charge >= 0.3 is 0 Å². The molecule has 0 atom stereocenters. The first-order chi connectivity index (χ1) is 12.1.